The molecule has 180 valence electrons. The number of nitrogens with zero attached hydrogens (tertiary/aromatic N) is 1. The highest BCUT2D eigenvalue weighted by atomic mass is 32.2. The summed E-state index contributed by atoms with van der Waals surface area (Å²) >= 11 is 1.28. The molecule has 34 heavy (non-hydrogen) atoms. The summed E-state index contributed by atoms with van der Waals surface area (Å²) in [5, 5.41) is 6.69. The lowest BCUT2D eigenvalue weighted by Crippen LogP contribution is -2.31. The number of amidine groups is 1. The summed E-state index contributed by atoms with van der Waals surface area (Å²) in [7, 11) is 0. The molecule has 1 aliphatic heterocycles. The Balaban J connectivity index is 1.83. The summed E-state index contributed by atoms with van der Waals surface area (Å²) in [6.45, 7) is 10.2. The summed E-state index contributed by atoms with van der Waals surface area (Å²) in [4.78, 5) is 30.2. The van der Waals surface area contributed by atoms with Crippen molar-refractivity contribution in [3.05, 3.63) is 70.4 Å². The third-order valence-electron chi connectivity index (χ3n) is 5.23. The average molecular weight is 482 g/mol. The van der Waals surface area contributed by atoms with E-state index in [2.05, 4.69) is 10.6 Å². The maximum Gasteiger partial charge on any atom is 0.338 e. The molecule has 0 bridgehead atoms. The number of thioether (sulfide) groups is 1. The van der Waals surface area contributed by atoms with Gasteiger partial charge >= 0.3 is 5.97 Å². The Kier molecular flexibility index (Phi) is 8.76. The Bertz CT molecular complexity index is 1130. The van der Waals surface area contributed by atoms with Crippen molar-refractivity contribution in [3.63, 3.8) is 0 Å². The lowest BCUT2D eigenvalue weighted by molar-refractivity contribution is -0.139. The quantitative estimate of drug-likeness (QED) is 0.521. The van der Waals surface area contributed by atoms with Gasteiger partial charge in [0.1, 0.15) is 11.8 Å². The Morgan fingerprint density at radius 1 is 1.09 bits per heavy atom. The molecule has 8 heteroatoms. The first-order valence-electron chi connectivity index (χ1n) is 11.3. The molecule has 1 amide bonds. The van der Waals surface area contributed by atoms with Crippen molar-refractivity contribution in [2.45, 2.75) is 40.7 Å². The zero-order valence-electron chi connectivity index (χ0n) is 20.2. The summed E-state index contributed by atoms with van der Waals surface area (Å²) < 4.78 is 11.1. The average Bonchev–Trinajstić information content (AvgIpc) is 2.80. The summed E-state index contributed by atoms with van der Waals surface area (Å²) in [5.74, 6) is 0.268. The number of aliphatic imine (C=N–C) groups is 1. The molecule has 7 nitrogen and oxygen atoms in total. The highest BCUT2D eigenvalue weighted by Gasteiger charge is 2.32. The van der Waals surface area contributed by atoms with Crippen molar-refractivity contribution in [3.8, 4) is 5.75 Å². The first-order valence-corrected chi connectivity index (χ1v) is 12.3. The van der Waals surface area contributed by atoms with Crippen LogP contribution >= 0.6 is 11.8 Å². The second-order valence-corrected chi connectivity index (χ2v) is 8.81. The van der Waals surface area contributed by atoms with Gasteiger partial charge in [-0.25, -0.2) is 9.79 Å². The largest absolute Gasteiger partial charge is 0.494 e. The van der Waals surface area contributed by atoms with Crippen LogP contribution in [0.25, 0.3) is 0 Å². The molecule has 2 aromatic carbocycles. The predicted molar refractivity (Wildman–Crippen MR) is 137 cm³/mol. The van der Waals surface area contributed by atoms with Crippen LogP contribution in [-0.2, 0) is 14.3 Å². The van der Waals surface area contributed by atoms with E-state index in [4.69, 9.17) is 14.5 Å². The van der Waals surface area contributed by atoms with Crippen molar-refractivity contribution >= 4 is 34.5 Å². The minimum Gasteiger partial charge on any atom is -0.494 e. The molecule has 0 saturated carbocycles. The number of esters is 1. The number of carbonyl (C=O) groups excluding carboxylic acids is 2. The highest BCUT2D eigenvalue weighted by Crippen LogP contribution is 2.37. The SMILES string of the molecule is CCOC(=O)C1=C(C)NC(SCC(=O)Nc2cc(C)ccc2C)=N[C@H]1c1ccccc1OCC. The van der Waals surface area contributed by atoms with E-state index in [1.807, 2.05) is 70.2 Å². The second-order valence-electron chi connectivity index (χ2n) is 7.85. The standard InChI is InChI=1S/C26H31N3O4S/c1-6-32-21-11-9-8-10-19(21)24-23(25(31)33-7-2)18(5)27-26(29-24)34-15-22(30)28-20-14-16(3)12-13-17(20)4/h8-14,24H,6-7,15H2,1-5H3,(H,27,29)(H,28,30)/t24-/m0/s1. The van der Waals surface area contributed by atoms with Crippen LogP contribution in [0.4, 0.5) is 5.69 Å². The van der Waals surface area contributed by atoms with E-state index >= 15 is 0 Å². The van der Waals surface area contributed by atoms with Crippen LogP contribution in [0.3, 0.4) is 0 Å². The van der Waals surface area contributed by atoms with E-state index in [1.54, 1.807) is 6.92 Å². The molecule has 0 fully saturated rings. The number of allylic oxidation sites excluding steroid dienone is 1. The van der Waals surface area contributed by atoms with E-state index in [1.165, 1.54) is 11.8 Å². The number of para-hydroxylation sites is 1. The predicted octanol–water partition coefficient (Wildman–Crippen LogP) is 4.91. The summed E-state index contributed by atoms with van der Waals surface area (Å²) in [6.07, 6.45) is 0. The van der Waals surface area contributed by atoms with Gasteiger partial charge in [0.2, 0.25) is 5.91 Å². The first kappa shape index (κ1) is 25.4. The van der Waals surface area contributed by atoms with Crippen LogP contribution in [-0.4, -0.2) is 36.0 Å². The monoisotopic (exact) mass is 481 g/mol. The fraction of sp³-hybridized carbons (Fsp3) is 0.346. The third kappa shape index (κ3) is 6.20. The van der Waals surface area contributed by atoms with E-state index < -0.39 is 12.0 Å². The lowest BCUT2D eigenvalue weighted by Gasteiger charge is -2.26. The molecule has 0 radical (unpaired) electrons. The normalized spacial score (nSPS) is 15.3. The van der Waals surface area contributed by atoms with Gasteiger partial charge in [-0.15, -0.1) is 0 Å². The summed E-state index contributed by atoms with van der Waals surface area (Å²) in [5.41, 5.74) is 4.72. The van der Waals surface area contributed by atoms with Crippen LogP contribution in [0, 0.1) is 13.8 Å². The Labute approximate surface area is 205 Å². The van der Waals surface area contributed by atoms with E-state index in [9.17, 15) is 9.59 Å². The van der Waals surface area contributed by atoms with Crippen LogP contribution < -0.4 is 15.4 Å². The van der Waals surface area contributed by atoms with Crippen molar-refractivity contribution in [1.29, 1.82) is 0 Å². The molecule has 0 aromatic heterocycles. The maximum atomic E-state index is 12.8. The van der Waals surface area contributed by atoms with Gasteiger partial charge in [0, 0.05) is 16.9 Å². The van der Waals surface area contributed by atoms with E-state index in [0.29, 0.717) is 28.8 Å². The minimum atomic E-state index is -0.604. The van der Waals surface area contributed by atoms with Crippen molar-refractivity contribution in [2.75, 3.05) is 24.3 Å². The topological polar surface area (TPSA) is 89.0 Å². The van der Waals surface area contributed by atoms with Crippen molar-refractivity contribution in [2.24, 2.45) is 4.99 Å². The van der Waals surface area contributed by atoms with Crippen LogP contribution in [0.1, 0.15) is 43.5 Å². The van der Waals surface area contributed by atoms with E-state index in [0.717, 1.165) is 22.4 Å². The Hall–Kier alpha value is -3.26. The second kappa shape index (κ2) is 11.7. The molecule has 0 spiro atoms. The molecule has 1 atom stereocenters. The number of benzene rings is 2. The van der Waals surface area contributed by atoms with Gasteiger partial charge in [-0.1, -0.05) is 42.1 Å². The van der Waals surface area contributed by atoms with Gasteiger partial charge < -0.3 is 20.1 Å². The highest BCUT2D eigenvalue weighted by molar-refractivity contribution is 8.14. The molecule has 2 aromatic rings. The van der Waals surface area contributed by atoms with Gasteiger partial charge in [0.05, 0.1) is 24.5 Å². The number of anilines is 1. The van der Waals surface area contributed by atoms with Gasteiger partial charge in [0.25, 0.3) is 0 Å². The number of amides is 1. The van der Waals surface area contributed by atoms with Gasteiger partial charge in [0.15, 0.2) is 5.17 Å². The molecular weight excluding hydrogens is 450 g/mol. The summed E-state index contributed by atoms with van der Waals surface area (Å²) in [6, 6.07) is 12.9. The number of carbonyl (C=O) groups is 2. The molecule has 2 N–H and O–H groups in total. The number of hydrogen-bond donors (Lipinski definition) is 2. The van der Waals surface area contributed by atoms with Gasteiger partial charge in [-0.05, 0) is 57.9 Å². The molecule has 1 heterocycles. The fourth-order valence-corrected chi connectivity index (χ4v) is 4.35. The molecular formula is C26H31N3O4S. The molecule has 1 aliphatic rings. The molecule has 0 saturated heterocycles. The Morgan fingerprint density at radius 3 is 2.59 bits per heavy atom. The van der Waals surface area contributed by atoms with E-state index in [-0.39, 0.29) is 18.3 Å². The number of aryl methyl sites for hydroxylation is 2. The molecule has 3 rings (SSSR count). The van der Waals surface area contributed by atoms with Crippen LogP contribution in [0.15, 0.2) is 58.7 Å². The van der Waals surface area contributed by atoms with Crippen LogP contribution in [0.2, 0.25) is 0 Å². The van der Waals surface area contributed by atoms with Crippen LogP contribution in [0.5, 0.6) is 5.75 Å². The zero-order valence-corrected chi connectivity index (χ0v) is 21.0. The maximum absolute atomic E-state index is 12.8. The van der Waals surface area contributed by atoms with Crippen molar-refractivity contribution < 1.29 is 19.1 Å². The zero-order chi connectivity index (χ0) is 24.7. The van der Waals surface area contributed by atoms with Gasteiger partial charge in [-0.3, -0.25) is 4.79 Å². The van der Waals surface area contributed by atoms with Gasteiger partial charge in [-0.2, -0.15) is 0 Å². The number of ether oxygens (including phenoxy) is 2. The number of nitrogens with one attached hydrogen (secondary N) is 2. The number of hydrogen-bond acceptors (Lipinski definition) is 7. The smallest absolute Gasteiger partial charge is 0.338 e. The Morgan fingerprint density at radius 2 is 1.85 bits per heavy atom. The minimum absolute atomic E-state index is 0.132. The molecule has 0 unspecified atom stereocenters. The lowest BCUT2D eigenvalue weighted by atomic mass is 9.96. The van der Waals surface area contributed by atoms with Crippen molar-refractivity contribution in [1.82, 2.24) is 5.32 Å². The molecule has 0 aliphatic carbocycles. The third-order valence-corrected chi connectivity index (χ3v) is 6.12. The first-order chi connectivity index (χ1) is 16.3. The number of rotatable bonds is 8. The fourth-order valence-electron chi connectivity index (χ4n) is 3.60.